The summed E-state index contributed by atoms with van der Waals surface area (Å²) in [5.74, 6) is 1.63. The molecule has 1 aromatic rings. The van der Waals surface area contributed by atoms with E-state index in [2.05, 4.69) is 65.1 Å². The topological polar surface area (TPSA) is 23.8 Å². The van der Waals surface area contributed by atoms with Crippen molar-refractivity contribution < 1.29 is 9.47 Å². The van der Waals surface area contributed by atoms with Crippen LogP contribution in [0.2, 0.25) is 0 Å². The van der Waals surface area contributed by atoms with Gasteiger partial charge in [0.25, 0.3) is 0 Å². The minimum atomic E-state index is 0.628. The Balaban J connectivity index is 0.000000492. The molecule has 18 heavy (non-hydrogen) atoms. The van der Waals surface area contributed by atoms with Crippen LogP contribution in [0.25, 0.3) is 0 Å². The fraction of sp³-hybridized carbons (Fsp3) is 0.500. The van der Waals surface area contributed by atoms with Crippen molar-refractivity contribution >= 4 is 40.0 Å². The zero-order valence-corrected chi connectivity index (χ0v) is 16.2. The molecule has 0 amide bonds. The third-order valence-electron chi connectivity index (χ3n) is 3.53. The van der Waals surface area contributed by atoms with Gasteiger partial charge in [0.1, 0.15) is 0 Å². The average molecular weight is 504 g/mol. The summed E-state index contributed by atoms with van der Waals surface area (Å²) in [4.78, 5) is 0. The van der Waals surface area contributed by atoms with Gasteiger partial charge in [0.2, 0.25) is 0 Å². The molecule has 0 radical (unpaired) electrons. The molecule has 0 atom stereocenters. The number of rotatable bonds is 1. The third-order valence-corrected chi connectivity index (χ3v) is 3.53. The van der Waals surface area contributed by atoms with Crippen LogP contribution >= 0.6 is 40.0 Å². The van der Waals surface area contributed by atoms with Gasteiger partial charge in [0, 0.05) is 0 Å². The Kier molecular flexibility index (Phi) is 8.99. The average Bonchev–Trinajstić information content (AvgIpc) is 2.41. The molecule has 0 aromatic heterocycles. The van der Waals surface area contributed by atoms with Crippen LogP contribution in [0.1, 0.15) is 49.7 Å². The number of nitriles is 1. The van der Waals surface area contributed by atoms with Crippen LogP contribution in [0.4, 0.5) is 0 Å². The van der Waals surface area contributed by atoms with Crippen molar-refractivity contribution in [3.05, 3.63) is 35.4 Å². The van der Waals surface area contributed by atoms with Crippen molar-refractivity contribution in [3.8, 4) is 6.07 Å². The maximum atomic E-state index is 8.72. The second-order valence-corrected chi connectivity index (χ2v) is 16.5. The summed E-state index contributed by atoms with van der Waals surface area (Å²) in [7, 11) is 0.628. The first-order chi connectivity index (χ1) is 8.71. The Bertz CT molecular complexity index is 378. The molecule has 2 rings (SSSR count). The van der Waals surface area contributed by atoms with Gasteiger partial charge in [-0.15, -0.1) is 0 Å². The van der Waals surface area contributed by atoms with Crippen LogP contribution in [0.5, 0.6) is 0 Å². The number of nitrogens with zero attached hydrogens (tertiary/aromatic N) is 1. The van der Waals surface area contributed by atoms with E-state index in [0.717, 1.165) is 17.4 Å². The molecular formula is C14H17I2NV. The number of benzene rings is 1. The number of halogens is 2. The standard InChI is InChI=1S/C14H17N.2HI.V/c1-11-2-6-13(7-3-11)14-8-4-12(10-15)5-9-14;;;/h4-5,8-9,11,13H,2-3,6-7H2,1H3;2*1H;/q;;;+2/p-2. The summed E-state index contributed by atoms with van der Waals surface area (Å²) >= 11 is 4.74. The summed E-state index contributed by atoms with van der Waals surface area (Å²) in [6, 6.07) is 10.3. The van der Waals surface area contributed by atoms with E-state index < -0.39 is 0 Å². The second kappa shape index (κ2) is 9.63. The molecule has 0 saturated heterocycles. The quantitative estimate of drug-likeness (QED) is 0.456. The van der Waals surface area contributed by atoms with Crippen LogP contribution < -0.4 is 0 Å². The molecule has 0 spiro atoms. The molecule has 1 fully saturated rings. The van der Waals surface area contributed by atoms with E-state index in [1.807, 2.05) is 12.1 Å². The first kappa shape index (κ1) is 16.8. The summed E-state index contributed by atoms with van der Waals surface area (Å²) in [5.41, 5.74) is 2.18. The van der Waals surface area contributed by atoms with Gasteiger partial charge >= 0.3 is 49.4 Å². The van der Waals surface area contributed by atoms with Crippen molar-refractivity contribution in [1.29, 1.82) is 5.26 Å². The van der Waals surface area contributed by atoms with Gasteiger partial charge in [-0.1, -0.05) is 31.9 Å². The van der Waals surface area contributed by atoms with Crippen LogP contribution in [0.3, 0.4) is 0 Å². The molecule has 1 aliphatic rings. The summed E-state index contributed by atoms with van der Waals surface area (Å²) < 4.78 is 0. The first-order valence-corrected chi connectivity index (χ1v) is 15.1. The Morgan fingerprint density at radius 3 is 2.06 bits per heavy atom. The predicted molar refractivity (Wildman–Crippen MR) is 89.6 cm³/mol. The van der Waals surface area contributed by atoms with E-state index in [0.29, 0.717) is 9.47 Å². The molecule has 0 aliphatic heterocycles. The minimum absolute atomic E-state index is 0.628. The summed E-state index contributed by atoms with van der Waals surface area (Å²) in [6.07, 6.45) is 5.33. The normalized spacial score (nSPS) is 22.3. The number of hydrogen-bond acceptors (Lipinski definition) is 1. The fourth-order valence-corrected chi connectivity index (χ4v) is 2.42. The molecule has 97 valence electrons. The molecule has 0 N–H and O–H groups in total. The Labute approximate surface area is 139 Å². The molecular weight excluding hydrogens is 487 g/mol. The molecule has 0 unspecified atom stereocenters. The van der Waals surface area contributed by atoms with E-state index >= 15 is 0 Å². The van der Waals surface area contributed by atoms with E-state index in [-0.39, 0.29) is 0 Å². The van der Waals surface area contributed by atoms with Crippen molar-refractivity contribution in [2.75, 3.05) is 0 Å². The van der Waals surface area contributed by atoms with Gasteiger partial charge in [0.15, 0.2) is 0 Å². The van der Waals surface area contributed by atoms with Gasteiger partial charge < -0.3 is 0 Å². The molecule has 0 bridgehead atoms. The molecule has 1 saturated carbocycles. The van der Waals surface area contributed by atoms with Gasteiger partial charge in [-0.25, -0.2) is 0 Å². The third kappa shape index (κ3) is 5.81. The van der Waals surface area contributed by atoms with Crippen molar-refractivity contribution in [2.24, 2.45) is 5.92 Å². The van der Waals surface area contributed by atoms with Gasteiger partial charge in [-0.05, 0) is 42.4 Å². The molecule has 1 nitrogen and oxygen atoms in total. The monoisotopic (exact) mass is 504 g/mol. The Hall–Kier alpha value is 0.754. The van der Waals surface area contributed by atoms with Crippen LogP contribution in [-0.4, -0.2) is 0 Å². The van der Waals surface area contributed by atoms with E-state index in [9.17, 15) is 0 Å². The van der Waals surface area contributed by atoms with Gasteiger partial charge in [-0.3, -0.25) is 0 Å². The fourth-order valence-electron chi connectivity index (χ4n) is 2.42. The summed E-state index contributed by atoms with van der Waals surface area (Å²) in [6.45, 7) is 2.34. The molecule has 4 heteroatoms. The van der Waals surface area contributed by atoms with E-state index in [1.54, 1.807) is 0 Å². The van der Waals surface area contributed by atoms with Gasteiger partial charge in [-0.2, -0.15) is 5.26 Å². The Morgan fingerprint density at radius 2 is 1.61 bits per heavy atom. The predicted octanol–water partition coefficient (Wildman–Crippen LogP) is 5.62. The number of hydrogen-bond donors (Lipinski definition) is 0. The molecule has 1 aliphatic carbocycles. The van der Waals surface area contributed by atoms with Crippen molar-refractivity contribution in [2.45, 2.75) is 38.5 Å². The molecule has 1 aromatic carbocycles. The maximum absolute atomic E-state index is 8.72. The second-order valence-electron chi connectivity index (χ2n) is 4.75. The first-order valence-electron chi connectivity index (χ1n) is 6.13. The summed E-state index contributed by atoms with van der Waals surface area (Å²) in [5, 5.41) is 8.72. The zero-order valence-electron chi connectivity index (χ0n) is 10.4. The Morgan fingerprint density at radius 1 is 1.11 bits per heavy atom. The van der Waals surface area contributed by atoms with Crippen LogP contribution in [0, 0.1) is 17.2 Å². The van der Waals surface area contributed by atoms with E-state index in [1.165, 1.54) is 31.2 Å². The SMILES string of the molecule is CC1CCC(c2ccc(C#N)cc2)CC1.[I][V][I]. The van der Waals surface area contributed by atoms with Crippen molar-refractivity contribution in [1.82, 2.24) is 0 Å². The van der Waals surface area contributed by atoms with Crippen LogP contribution in [-0.2, 0) is 9.47 Å². The van der Waals surface area contributed by atoms with Gasteiger partial charge in [0.05, 0.1) is 11.6 Å². The molecule has 0 heterocycles. The zero-order chi connectivity index (χ0) is 13.4. The van der Waals surface area contributed by atoms with Crippen molar-refractivity contribution in [3.63, 3.8) is 0 Å². The van der Waals surface area contributed by atoms with E-state index in [4.69, 9.17) is 5.26 Å². The van der Waals surface area contributed by atoms with Crippen LogP contribution in [0.15, 0.2) is 24.3 Å².